The van der Waals surface area contributed by atoms with Crippen LogP contribution in [-0.4, -0.2) is 46.8 Å². The number of alkyl halides is 11. The van der Waals surface area contributed by atoms with E-state index >= 15 is 0 Å². The zero-order valence-electron chi connectivity index (χ0n) is 12.5. The van der Waals surface area contributed by atoms with Crippen molar-refractivity contribution in [2.24, 2.45) is 0 Å². The molecule has 1 atom stereocenters. The number of amides is 1. The van der Waals surface area contributed by atoms with Crippen LogP contribution < -0.4 is 5.32 Å². The third kappa shape index (κ3) is 2.84. The molecule has 0 saturated heterocycles. The molecule has 1 N–H and O–H groups in total. The molecule has 1 amide bonds. The SMILES string of the molecule is O=C1C=C(C(F)(F)C(F)(F)C(F)(F)C(F)(F)C(F)(F)F)N2C=CC=CC2N1. The lowest BCUT2D eigenvalue weighted by Gasteiger charge is -2.43. The van der Waals surface area contributed by atoms with Gasteiger partial charge in [-0.2, -0.15) is 48.3 Å². The molecule has 0 spiro atoms. The van der Waals surface area contributed by atoms with E-state index in [0.717, 1.165) is 18.2 Å². The molecule has 0 aromatic heterocycles. The van der Waals surface area contributed by atoms with E-state index in [1.807, 2.05) is 5.32 Å². The Morgan fingerprint density at radius 1 is 0.815 bits per heavy atom. The maximum Gasteiger partial charge on any atom is 0.460 e. The average molecular weight is 416 g/mol. The summed E-state index contributed by atoms with van der Waals surface area (Å²) in [5.74, 6) is -30.0. The van der Waals surface area contributed by atoms with E-state index in [1.54, 1.807) is 0 Å². The van der Waals surface area contributed by atoms with Crippen molar-refractivity contribution in [2.75, 3.05) is 0 Å². The molecule has 2 heterocycles. The summed E-state index contributed by atoms with van der Waals surface area (Å²) in [4.78, 5) is 11.5. The van der Waals surface area contributed by atoms with Crippen molar-refractivity contribution < 1.29 is 53.1 Å². The number of halogens is 11. The highest BCUT2D eigenvalue weighted by atomic mass is 19.4. The van der Waals surface area contributed by atoms with Gasteiger partial charge >= 0.3 is 29.9 Å². The molecule has 0 aromatic carbocycles. The van der Waals surface area contributed by atoms with Gasteiger partial charge in [-0.3, -0.25) is 4.79 Å². The first-order valence-electron chi connectivity index (χ1n) is 6.72. The number of allylic oxidation sites excluding steroid dienone is 3. The van der Waals surface area contributed by atoms with Crippen LogP contribution in [0.2, 0.25) is 0 Å². The van der Waals surface area contributed by atoms with Gasteiger partial charge in [0, 0.05) is 12.3 Å². The van der Waals surface area contributed by atoms with E-state index in [4.69, 9.17) is 0 Å². The molecule has 27 heavy (non-hydrogen) atoms. The highest BCUT2D eigenvalue weighted by Gasteiger charge is 2.88. The molecule has 2 aliphatic rings. The lowest BCUT2D eigenvalue weighted by Crippen LogP contribution is -2.68. The van der Waals surface area contributed by atoms with Crippen LogP contribution in [0.1, 0.15) is 0 Å². The molecule has 0 radical (unpaired) electrons. The van der Waals surface area contributed by atoms with Gasteiger partial charge in [-0.1, -0.05) is 6.08 Å². The van der Waals surface area contributed by atoms with Gasteiger partial charge in [0.05, 0.1) is 0 Å². The summed E-state index contributed by atoms with van der Waals surface area (Å²) in [7, 11) is 0. The Bertz CT molecular complexity index is 720. The molecular formula is C13H7F11N2O. The Balaban J connectivity index is 2.58. The Morgan fingerprint density at radius 2 is 1.37 bits per heavy atom. The van der Waals surface area contributed by atoms with Crippen LogP contribution in [-0.2, 0) is 4.79 Å². The summed E-state index contributed by atoms with van der Waals surface area (Å²) >= 11 is 0. The number of carbonyl (C=O) groups excluding carboxylic acids is 1. The topological polar surface area (TPSA) is 32.3 Å². The molecule has 3 nitrogen and oxygen atoms in total. The first-order chi connectivity index (χ1) is 12.0. The van der Waals surface area contributed by atoms with E-state index in [2.05, 4.69) is 0 Å². The predicted molar refractivity (Wildman–Crippen MR) is 66.0 cm³/mol. The van der Waals surface area contributed by atoms with Gasteiger partial charge in [-0.15, -0.1) is 0 Å². The Morgan fingerprint density at radius 3 is 1.89 bits per heavy atom. The van der Waals surface area contributed by atoms with Crippen molar-refractivity contribution in [3.05, 3.63) is 36.2 Å². The first kappa shape index (κ1) is 21.0. The molecule has 2 aliphatic heterocycles. The smallest absolute Gasteiger partial charge is 0.329 e. The second-order valence-corrected chi connectivity index (χ2v) is 5.41. The normalized spacial score (nSPS) is 21.7. The van der Waals surface area contributed by atoms with Gasteiger partial charge in [-0.05, 0) is 12.2 Å². The van der Waals surface area contributed by atoms with Crippen LogP contribution in [0.4, 0.5) is 48.3 Å². The van der Waals surface area contributed by atoms with E-state index in [0.29, 0.717) is 6.20 Å². The summed E-state index contributed by atoms with van der Waals surface area (Å²) in [6.45, 7) is 0. The monoisotopic (exact) mass is 416 g/mol. The number of hydrogen-bond donors (Lipinski definition) is 1. The standard InChI is InChI=1S/C13H7F11N2O/c14-9(15,6-5-8(27)25-7-3-1-2-4-26(6)7)10(16,17)11(18,19)12(20,21)13(22,23)24/h1-5,7H,(H,25,27). The number of hydrogen-bond acceptors (Lipinski definition) is 2. The van der Waals surface area contributed by atoms with E-state index in [-0.39, 0.29) is 11.0 Å². The summed E-state index contributed by atoms with van der Waals surface area (Å²) in [5, 5.41) is 1.94. The Hall–Kier alpha value is -2.28. The quantitative estimate of drug-likeness (QED) is 0.708. The van der Waals surface area contributed by atoms with Crippen molar-refractivity contribution in [3.8, 4) is 0 Å². The van der Waals surface area contributed by atoms with Crippen molar-refractivity contribution in [3.63, 3.8) is 0 Å². The first-order valence-corrected chi connectivity index (χ1v) is 6.72. The van der Waals surface area contributed by atoms with Gasteiger partial charge in [0.25, 0.3) is 0 Å². The molecule has 2 rings (SSSR count). The van der Waals surface area contributed by atoms with Gasteiger partial charge in [-0.25, -0.2) is 0 Å². The summed E-state index contributed by atoms with van der Waals surface area (Å²) in [5.41, 5.74) is -2.18. The largest absolute Gasteiger partial charge is 0.460 e. The molecule has 14 heteroatoms. The number of nitrogens with one attached hydrogen (secondary N) is 1. The molecule has 0 bridgehead atoms. The highest BCUT2D eigenvalue weighted by molar-refractivity contribution is 5.90. The van der Waals surface area contributed by atoms with Gasteiger partial charge < -0.3 is 10.2 Å². The van der Waals surface area contributed by atoms with Crippen LogP contribution in [0.5, 0.6) is 0 Å². The lowest BCUT2D eigenvalue weighted by atomic mass is 9.94. The van der Waals surface area contributed by atoms with Crippen LogP contribution in [0.15, 0.2) is 36.2 Å². The van der Waals surface area contributed by atoms with Gasteiger partial charge in [0.15, 0.2) is 0 Å². The van der Waals surface area contributed by atoms with Crippen molar-refractivity contribution in [2.45, 2.75) is 36.0 Å². The number of nitrogens with zero attached hydrogens (tertiary/aromatic N) is 1. The second kappa shape index (κ2) is 5.86. The minimum absolute atomic E-state index is 0.122. The van der Waals surface area contributed by atoms with Crippen molar-refractivity contribution in [1.82, 2.24) is 10.2 Å². The average Bonchev–Trinajstić information content (AvgIpc) is 2.52. The molecule has 0 aromatic rings. The van der Waals surface area contributed by atoms with Crippen LogP contribution in [0.3, 0.4) is 0 Å². The number of fused-ring (bicyclic) bond motifs is 1. The van der Waals surface area contributed by atoms with Crippen molar-refractivity contribution >= 4 is 5.91 Å². The summed E-state index contributed by atoms with van der Waals surface area (Å²) < 4.78 is 145. The molecule has 0 aliphatic carbocycles. The lowest BCUT2D eigenvalue weighted by molar-refractivity contribution is -0.419. The zero-order valence-corrected chi connectivity index (χ0v) is 12.5. The van der Waals surface area contributed by atoms with Crippen LogP contribution >= 0.6 is 0 Å². The van der Waals surface area contributed by atoms with Crippen molar-refractivity contribution in [1.29, 1.82) is 0 Å². The van der Waals surface area contributed by atoms with E-state index in [1.165, 1.54) is 0 Å². The van der Waals surface area contributed by atoms with Crippen LogP contribution in [0, 0.1) is 0 Å². The minimum atomic E-state index is -7.54. The summed E-state index contributed by atoms with van der Waals surface area (Å²) in [6.07, 6.45) is -5.46. The second-order valence-electron chi connectivity index (χ2n) is 5.41. The zero-order chi connectivity index (χ0) is 21.1. The Labute approximate surface area is 142 Å². The molecule has 0 fully saturated rings. The fraction of sp³-hybridized carbons (Fsp3) is 0.462. The molecule has 1 unspecified atom stereocenters. The maximum absolute atomic E-state index is 14.2. The third-order valence-corrected chi connectivity index (χ3v) is 3.65. The fourth-order valence-corrected chi connectivity index (χ4v) is 2.22. The maximum atomic E-state index is 14.2. The van der Waals surface area contributed by atoms with E-state index < -0.39 is 47.6 Å². The predicted octanol–water partition coefficient (Wildman–Crippen LogP) is 3.82. The molecular weight excluding hydrogens is 409 g/mol. The third-order valence-electron chi connectivity index (χ3n) is 3.65. The Kier molecular flexibility index (Phi) is 4.56. The van der Waals surface area contributed by atoms with E-state index in [9.17, 15) is 53.1 Å². The molecule has 0 saturated carbocycles. The summed E-state index contributed by atoms with van der Waals surface area (Å²) in [6, 6.07) is 0. The van der Waals surface area contributed by atoms with Gasteiger partial charge in [0.2, 0.25) is 5.91 Å². The fourth-order valence-electron chi connectivity index (χ4n) is 2.22. The number of carbonyl (C=O) groups is 1. The number of rotatable bonds is 4. The minimum Gasteiger partial charge on any atom is -0.329 e. The van der Waals surface area contributed by atoms with Crippen LogP contribution in [0.25, 0.3) is 0 Å². The molecule has 152 valence electrons. The van der Waals surface area contributed by atoms with Gasteiger partial charge in [0.1, 0.15) is 11.9 Å². The highest BCUT2D eigenvalue weighted by Crippen LogP contribution is 2.59.